The second-order valence-corrected chi connectivity index (χ2v) is 8.11. The molecule has 1 fully saturated rings. The monoisotopic (exact) mass is 413 g/mol. The average molecular weight is 413 g/mol. The molecule has 1 unspecified atom stereocenters. The average Bonchev–Trinajstić information content (AvgIpc) is 3.46. The lowest BCUT2D eigenvalue weighted by atomic mass is 10.2. The Kier molecular flexibility index (Phi) is 4.51. The van der Waals surface area contributed by atoms with Gasteiger partial charge >= 0.3 is 6.03 Å². The standard InChI is InChI=1S/C18H15N5O3S2/c24-18(21-17-19-11-4-1-2-5-13(11)28-17)23-7-8-25-10-12(23)16-20-15(22-26-16)14-6-3-9-27-14/h1-6,9,12H,7-8,10H2,(H,19,21,24). The van der Waals surface area contributed by atoms with E-state index in [-0.39, 0.29) is 6.03 Å². The summed E-state index contributed by atoms with van der Waals surface area (Å²) in [5.41, 5.74) is 0.860. The quantitative estimate of drug-likeness (QED) is 0.545. The lowest BCUT2D eigenvalue weighted by Gasteiger charge is -2.32. The zero-order chi connectivity index (χ0) is 18.9. The van der Waals surface area contributed by atoms with Crippen LogP contribution in [0.1, 0.15) is 11.9 Å². The van der Waals surface area contributed by atoms with Crippen LogP contribution in [0.5, 0.6) is 0 Å². The van der Waals surface area contributed by atoms with E-state index in [4.69, 9.17) is 9.26 Å². The smallest absolute Gasteiger partial charge is 0.324 e. The van der Waals surface area contributed by atoms with Gasteiger partial charge in [-0.3, -0.25) is 5.32 Å². The van der Waals surface area contributed by atoms with E-state index in [1.54, 1.807) is 4.90 Å². The number of hydrogen-bond acceptors (Lipinski definition) is 8. The molecule has 0 bridgehead atoms. The number of anilines is 1. The molecule has 5 rings (SSSR count). The minimum absolute atomic E-state index is 0.261. The van der Waals surface area contributed by atoms with Crippen LogP contribution in [0, 0.1) is 0 Å². The van der Waals surface area contributed by atoms with Crippen molar-refractivity contribution in [3.63, 3.8) is 0 Å². The van der Waals surface area contributed by atoms with Crippen LogP contribution in [0.15, 0.2) is 46.3 Å². The fourth-order valence-electron chi connectivity index (χ4n) is 3.02. The van der Waals surface area contributed by atoms with E-state index in [0.29, 0.717) is 36.6 Å². The lowest BCUT2D eigenvalue weighted by Crippen LogP contribution is -2.45. The van der Waals surface area contributed by atoms with Crippen molar-refractivity contribution in [3.8, 4) is 10.7 Å². The van der Waals surface area contributed by atoms with Crippen LogP contribution in [0.4, 0.5) is 9.93 Å². The van der Waals surface area contributed by atoms with E-state index >= 15 is 0 Å². The van der Waals surface area contributed by atoms with Crippen molar-refractivity contribution in [2.45, 2.75) is 6.04 Å². The van der Waals surface area contributed by atoms with Crippen molar-refractivity contribution in [2.24, 2.45) is 0 Å². The number of rotatable bonds is 3. The number of thiazole rings is 1. The van der Waals surface area contributed by atoms with Gasteiger partial charge in [0.25, 0.3) is 5.89 Å². The number of amides is 2. The van der Waals surface area contributed by atoms with Crippen LogP contribution in [0.2, 0.25) is 0 Å². The van der Waals surface area contributed by atoms with Crippen molar-refractivity contribution in [1.29, 1.82) is 0 Å². The molecule has 8 nitrogen and oxygen atoms in total. The van der Waals surface area contributed by atoms with Crippen molar-refractivity contribution < 1.29 is 14.1 Å². The molecular formula is C18H15N5O3S2. The van der Waals surface area contributed by atoms with Crippen molar-refractivity contribution in [1.82, 2.24) is 20.0 Å². The number of aromatic nitrogens is 3. The van der Waals surface area contributed by atoms with Gasteiger partial charge in [0, 0.05) is 6.54 Å². The molecule has 142 valence electrons. The molecule has 0 aliphatic carbocycles. The summed E-state index contributed by atoms with van der Waals surface area (Å²) in [7, 11) is 0. The summed E-state index contributed by atoms with van der Waals surface area (Å²) in [4.78, 5) is 24.4. The highest BCUT2D eigenvalue weighted by Crippen LogP contribution is 2.29. The molecule has 1 aromatic carbocycles. The molecule has 3 aromatic heterocycles. The molecule has 0 radical (unpaired) electrons. The molecule has 0 saturated carbocycles. The Morgan fingerprint density at radius 2 is 2.14 bits per heavy atom. The highest BCUT2D eigenvalue weighted by Gasteiger charge is 2.33. The molecular weight excluding hydrogens is 398 g/mol. The molecule has 4 aromatic rings. The van der Waals surface area contributed by atoms with Gasteiger partial charge in [-0.15, -0.1) is 11.3 Å². The Balaban J connectivity index is 1.37. The SMILES string of the molecule is O=C(Nc1nc2ccccc2s1)N1CCOCC1c1nc(-c2cccs2)no1. The normalized spacial score (nSPS) is 17.1. The molecule has 1 N–H and O–H groups in total. The minimum atomic E-state index is -0.440. The summed E-state index contributed by atoms with van der Waals surface area (Å²) < 4.78 is 12.0. The number of urea groups is 1. The topological polar surface area (TPSA) is 93.4 Å². The van der Waals surface area contributed by atoms with Crippen LogP contribution in [0.3, 0.4) is 0 Å². The second kappa shape index (κ2) is 7.30. The van der Waals surface area contributed by atoms with Crippen LogP contribution in [-0.2, 0) is 4.74 Å². The van der Waals surface area contributed by atoms with Crippen LogP contribution in [0.25, 0.3) is 20.9 Å². The van der Waals surface area contributed by atoms with Gasteiger partial charge < -0.3 is 14.2 Å². The van der Waals surface area contributed by atoms with Gasteiger partial charge in [0.2, 0.25) is 5.82 Å². The number of carbonyl (C=O) groups is 1. The lowest BCUT2D eigenvalue weighted by molar-refractivity contribution is 0.00349. The molecule has 4 heterocycles. The number of benzene rings is 1. The first-order valence-electron chi connectivity index (χ1n) is 8.66. The van der Waals surface area contributed by atoms with Crippen molar-refractivity contribution in [2.75, 3.05) is 25.1 Å². The number of nitrogens with zero attached hydrogens (tertiary/aromatic N) is 4. The van der Waals surface area contributed by atoms with Crippen LogP contribution in [-0.4, -0.2) is 45.8 Å². The van der Waals surface area contributed by atoms with Gasteiger partial charge in [0.1, 0.15) is 6.04 Å². The Morgan fingerprint density at radius 1 is 1.21 bits per heavy atom. The predicted molar refractivity (Wildman–Crippen MR) is 107 cm³/mol. The van der Waals surface area contributed by atoms with E-state index in [0.717, 1.165) is 15.1 Å². The Labute approximate surface area is 167 Å². The first-order chi connectivity index (χ1) is 13.8. The molecule has 1 aliphatic rings. The van der Waals surface area contributed by atoms with Crippen molar-refractivity contribution >= 4 is 44.1 Å². The van der Waals surface area contributed by atoms with Gasteiger partial charge in [0.15, 0.2) is 5.13 Å². The highest BCUT2D eigenvalue weighted by molar-refractivity contribution is 7.22. The first kappa shape index (κ1) is 17.3. The molecule has 0 spiro atoms. The second-order valence-electron chi connectivity index (χ2n) is 6.13. The molecule has 1 atom stereocenters. The summed E-state index contributed by atoms with van der Waals surface area (Å²) in [6, 6.07) is 10.9. The maximum atomic E-state index is 12.9. The summed E-state index contributed by atoms with van der Waals surface area (Å²) in [6.45, 7) is 1.19. The number of fused-ring (bicyclic) bond motifs is 1. The third-order valence-corrected chi connectivity index (χ3v) is 6.18. The molecule has 10 heteroatoms. The number of ether oxygens (including phenoxy) is 1. The molecule has 28 heavy (non-hydrogen) atoms. The van der Waals surface area contributed by atoms with E-state index in [9.17, 15) is 4.79 Å². The number of nitrogens with one attached hydrogen (secondary N) is 1. The maximum Gasteiger partial charge on any atom is 0.324 e. The fourth-order valence-corrected chi connectivity index (χ4v) is 4.52. The zero-order valence-corrected chi connectivity index (χ0v) is 16.2. The Hall–Kier alpha value is -2.82. The Bertz CT molecular complexity index is 1070. The van der Waals surface area contributed by atoms with Crippen LogP contribution >= 0.6 is 22.7 Å². The number of thiophene rings is 1. The van der Waals surface area contributed by atoms with Gasteiger partial charge in [-0.25, -0.2) is 9.78 Å². The third-order valence-electron chi connectivity index (χ3n) is 4.37. The van der Waals surface area contributed by atoms with Gasteiger partial charge in [-0.1, -0.05) is 34.7 Å². The van der Waals surface area contributed by atoms with Crippen molar-refractivity contribution in [3.05, 3.63) is 47.7 Å². The number of hydrogen-bond donors (Lipinski definition) is 1. The first-order valence-corrected chi connectivity index (χ1v) is 10.4. The van der Waals surface area contributed by atoms with E-state index in [1.807, 2.05) is 41.8 Å². The predicted octanol–water partition coefficient (Wildman–Crippen LogP) is 4.01. The van der Waals surface area contributed by atoms with Crippen LogP contribution < -0.4 is 5.32 Å². The van der Waals surface area contributed by atoms with E-state index in [1.165, 1.54) is 22.7 Å². The third kappa shape index (κ3) is 3.26. The number of carbonyl (C=O) groups excluding carboxylic acids is 1. The van der Waals surface area contributed by atoms with E-state index in [2.05, 4.69) is 20.4 Å². The highest BCUT2D eigenvalue weighted by atomic mass is 32.1. The summed E-state index contributed by atoms with van der Waals surface area (Å²) in [6.07, 6.45) is 0. The van der Waals surface area contributed by atoms with Gasteiger partial charge in [-0.2, -0.15) is 4.98 Å². The zero-order valence-electron chi connectivity index (χ0n) is 14.6. The summed E-state index contributed by atoms with van der Waals surface area (Å²) >= 11 is 2.97. The fraction of sp³-hybridized carbons (Fsp3) is 0.222. The van der Waals surface area contributed by atoms with Gasteiger partial charge in [-0.05, 0) is 23.6 Å². The number of morpholine rings is 1. The molecule has 1 aliphatic heterocycles. The maximum absolute atomic E-state index is 12.9. The summed E-state index contributed by atoms with van der Waals surface area (Å²) in [5, 5.41) is 9.43. The summed E-state index contributed by atoms with van der Waals surface area (Å²) in [5.74, 6) is 0.879. The van der Waals surface area contributed by atoms with E-state index < -0.39 is 6.04 Å². The molecule has 1 saturated heterocycles. The van der Waals surface area contributed by atoms with Gasteiger partial charge in [0.05, 0.1) is 28.3 Å². The molecule has 2 amide bonds. The Morgan fingerprint density at radius 3 is 3.00 bits per heavy atom. The largest absolute Gasteiger partial charge is 0.377 e. The minimum Gasteiger partial charge on any atom is -0.377 e. The number of para-hydroxylation sites is 1.